The lowest BCUT2D eigenvalue weighted by atomic mass is 9.94. The second-order valence-electron chi connectivity index (χ2n) is 6.89. The fraction of sp³-hybridized carbons (Fsp3) is 0.611. The first kappa shape index (κ1) is 18.8. The number of likely N-dealkylation sites (N-methyl/N-ethyl adjacent to an activating group) is 1. The topological polar surface area (TPSA) is 69.8 Å². The van der Waals surface area contributed by atoms with Crippen molar-refractivity contribution in [3.63, 3.8) is 0 Å². The molecule has 2 atom stereocenters. The maximum Gasteiger partial charge on any atom is 0.239 e. The Morgan fingerprint density at radius 1 is 1.38 bits per heavy atom. The van der Waals surface area contributed by atoms with E-state index in [9.17, 15) is 14.3 Å². The number of hydrogen-bond acceptors (Lipinski definition) is 4. The number of nitrogens with two attached hydrogens (primary N) is 1. The molecule has 1 aromatic rings. The van der Waals surface area contributed by atoms with Gasteiger partial charge in [-0.2, -0.15) is 0 Å². The predicted octanol–water partition coefficient (Wildman–Crippen LogP) is 1.38. The molecule has 1 aliphatic rings. The van der Waals surface area contributed by atoms with Gasteiger partial charge in [-0.25, -0.2) is 4.39 Å². The van der Waals surface area contributed by atoms with Crippen molar-refractivity contribution in [2.45, 2.75) is 31.9 Å². The Hall–Kier alpha value is -1.50. The smallest absolute Gasteiger partial charge is 0.239 e. The number of benzene rings is 1. The monoisotopic (exact) mass is 337 g/mol. The second kappa shape index (κ2) is 8.55. The Kier molecular flexibility index (Phi) is 6.71. The SMILES string of the molecule is C[C@@H](O)CN1CCC(CN(C)[C@@H](C(N)=O)c2ccc(F)cc2)CC1. The van der Waals surface area contributed by atoms with Crippen LogP contribution in [0.4, 0.5) is 4.39 Å². The summed E-state index contributed by atoms with van der Waals surface area (Å²) in [6, 6.07) is 5.40. The number of piperidine rings is 1. The molecule has 0 aliphatic carbocycles. The highest BCUT2D eigenvalue weighted by Gasteiger charge is 2.27. The molecule has 6 heteroatoms. The van der Waals surface area contributed by atoms with Crippen LogP contribution in [-0.4, -0.2) is 60.1 Å². The van der Waals surface area contributed by atoms with Crippen molar-refractivity contribution in [3.8, 4) is 0 Å². The molecule has 0 aromatic heterocycles. The largest absolute Gasteiger partial charge is 0.392 e. The molecule has 0 spiro atoms. The molecule has 2 rings (SSSR count). The zero-order valence-corrected chi connectivity index (χ0v) is 14.5. The number of halogens is 1. The van der Waals surface area contributed by atoms with Crippen molar-refractivity contribution < 1.29 is 14.3 Å². The number of carbonyl (C=O) groups excluding carboxylic acids is 1. The van der Waals surface area contributed by atoms with Gasteiger partial charge in [0.2, 0.25) is 5.91 Å². The Bertz CT molecular complexity index is 528. The molecular formula is C18H28FN3O2. The van der Waals surface area contributed by atoms with Gasteiger partial charge in [-0.1, -0.05) is 12.1 Å². The normalized spacial score (nSPS) is 19.4. The fourth-order valence-corrected chi connectivity index (χ4v) is 3.52. The van der Waals surface area contributed by atoms with Crippen LogP contribution >= 0.6 is 0 Å². The molecule has 1 fully saturated rings. The van der Waals surface area contributed by atoms with Crippen LogP contribution in [0.3, 0.4) is 0 Å². The summed E-state index contributed by atoms with van der Waals surface area (Å²) < 4.78 is 13.1. The molecule has 0 radical (unpaired) electrons. The van der Waals surface area contributed by atoms with E-state index in [-0.39, 0.29) is 11.9 Å². The van der Waals surface area contributed by atoms with Gasteiger partial charge in [-0.3, -0.25) is 9.69 Å². The van der Waals surface area contributed by atoms with Crippen LogP contribution in [-0.2, 0) is 4.79 Å². The average Bonchev–Trinajstić information content (AvgIpc) is 2.50. The van der Waals surface area contributed by atoms with Gasteiger partial charge in [0.05, 0.1) is 6.10 Å². The third-order valence-electron chi connectivity index (χ3n) is 4.67. The van der Waals surface area contributed by atoms with Gasteiger partial charge < -0.3 is 15.7 Å². The summed E-state index contributed by atoms with van der Waals surface area (Å²) in [5.41, 5.74) is 6.30. The summed E-state index contributed by atoms with van der Waals surface area (Å²) in [5, 5.41) is 9.47. The summed E-state index contributed by atoms with van der Waals surface area (Å²) in [6.07, 6.45) is 1.76. The number of β-amino-alcohol motifs (C(OH)–C–C–N with tert-alkyl or cyclic N) is 1. The van der Waals surface area contributed by atoms with Crippen LogP contribution < -0.4 is 5.73 Å². The highest BCUT2D eigenvalue weighted by molar-refractivity contribution is 5.81. The summed E-state index contributed by atoms with van der Waals surface area (Å²) in [6.45, 7) is 5.21. The molecule has 0 saturated carbocycles. The highest BCUT2D eigenvalue weighted by Crippen LogP contribution is 2.24. The van der Waals surface area contributed by atoms with Crippen molar-refractivity contribution in [2.75, 3.05) is 33.2 Å². The van der Waals surface area contributed by atoms with E-state index in [1.165, 1.54) is 12.1 Å². The Morgan fingerprint density at radius 3 is 2.46 bits per heavy atom. The second-order valence-corrected chi connectivity index (χ2v) is 6.89. The maximum absolute atomic E-state index is 13.1. The molecule has 0 unspecified atom stereocenters. The lowest BCUT2D eigenvalue weighted by molar-refractivity contribution is -0.123. The van der Waals surface area contributed by atoms with E-state index >= 15 is 0 Å². The molecule has 5 nitrogen and oxygen atoms in total. The number of nitrogens with zero attached hydrogens (tertiary/aromatic N) is 2. The van der Waals surface area contributed by atoms with Gasteiger partial charge in [0.1, 0.15) is 11.9 Å². The van der Waals surface area contributed by atoms with Crippen molar-refractivity contribution in [1.29, 1.82) is 0 Å². The van der Waals surface area contributed by atoms with E-state index in [0.29, 0.717) is 12.5 Å². The zero-order valence-electron chi connectivity index (χ0n) is 14.5. The van der Waals surface area contributed by atoms with Gasteiger partial charge in [-0.15, -0.1) is 0 Å². The third-order valence-corrected chi connectivity index (χ3v) is 4.67. The summed E-state index contributed by atoms with van der Waals surface area (Å²) in [5.74, 6) is -0.256. The van der Waals surface area contributed by atoms with Crippen LogP contribution in [0.15, 0.2) is 24.3 Å². The van der Waals surface area contributed by atoms with Gasteiger partial charge in [0.15, 0.2) is 0 Å². The van der Waals surface area contributed by atoms with Crippen LogP contribution in [0.25, 0.3) is 0 Å². The number of hydrogen-bond donors (Lipinski definition) is 2. The molecule has 1 saturated heterocycles. The number of likely N-dealkylation sites (tertiary alicyclic amines) is 1. The minimum atomic E-state index is -0.541. The number of amides is 1. The van der Waals surface area contributed by atoms with Gasteiger partial charge >= 0.3 is 0 Å². The number of aliphatic hydroxyl groups is 1. The third kappa shape index (κ3) is 5.26. The van der Waals surface area contributed by atoms with E-state index in [0.717, 1.165) is 38.0 Å². The number of rotatable bonds is 7. The Balaban J connectivity index is 1.93. The van der Waals surface area contributed by atoms with Crippen LogP contribution in [0, 0.1) is 11.7 Å². The average molecular weight is 337 g/mol. The lowest BCUT2D eigenvalue weighted by Crippen LogP contribution is -2.43. The van der Waals surface area contributed by atoms with Gasteiger partial charge in [0.25, 0.3) is 0 Å². The standard InChI is InChI=1S/C18H28FN3O2/c1-13(23)11-22-9-7-14(8-10-22)12-21(2)17(18(20)24)15-3-5-16(19)6-4-15/h3-6,13-14,17,23H,7-12H2,1-2H3,(H2,20,24)/t13-,17-/m1/s1. The van der Waals surface area contributed by atoms with E-state index in [4.69, 9.17) is 5.73 Å². The van der Waals surface area contributed by atoms with Crippen LogP contribution in [0.1, 0.15) is 31.4 Å². The Morgan fingerprint density at radius 2 is 1.96 bits per heavy atom. The molecular weight excluding hydrogens is 309 g/mol. The quantitative estimate of drug-likeness (QED) is 0.789. The molecule has 0 bridgehead atoms. The van der Waals surface area contributed by atoms with Crippen molar-refractivity contribution in [2.24, 2.45) is 11.7 Å². The number of primary amides is 1. The van der Waals surface area contributed by atoms with Gasteiger partial charge in [-0.05, 0) is 63.5 Å². The number of aliphatic hydroxyl groups excluding tert-OH is 1. The minimum absolute atomic E-state index is 0.304. The first-order valence-electron chi connectivity index (χ1n) is 8.52. The lowest BCUT2D eigenvalue weighted by Gasteiger charge is -2.36. The van der Waals surface area contributed by atoms with E-state index < -0.39 is 11.9 Å². The first-order chi connectivity index (χ1) is 11.4. The van der Waals surface area contributed by atoms with Crippen molar-refractivity contribution in [1.82, 2.24) is 9.80 Å². The summed E-state index contributed by atoms with van der Waals surface area (Å²) in [4.78, 5) is 16.1. The van der Waals surface area contributed by atoms with E-state index in [1.54, 1.807) is 19.1 Å². The molecule has 1 aromatic carbocycles. The zero-order chi connectivity index (χ0) is 17.7. The van der Waals surface area contributed by atoms with Crippen LogP contribution in [0.5, 0.6) is 0 Å². The molecule has 24 heavy (non-hydrogen) atoms. The highest BCUT2D eigenvalue weighted by atomic mass is 19.1. The Labute approximate surface area is 143 Å². The number of carbonyl (C=O) groups is 1. The van der Waals surface area contributed by atoms with Crippen LogP contribution in [0.2, 0.25) is 0 Å². The van der Waals surface area contributed by atoms with Crippen molar-refractivity contribution >= 4 is 5.91 Å². The van der Waals surface area contributed by atoms with E-state index in [1.807, 2.05) is 11.9 Å². The first-order valence-corrected chi connectivity index (χ1v) is 8.52. The molecule has 1 amide bonds. The van der Waals surface area contributed by atoms with Crippen molar-refractivity contribution in [3.05, 3.63) is 35.6 Å². The predicted molar refractivity (Wildman–Crippen MR) is 91.8 cm³/mol. The maximum atomic E-state index is 13.1. The summed E-state index contributed by atoms with van der Waals surface area (Å²) >= 11 is 0. The van der Waals surface area contributed by atoms with E-state index in [2.05, 4.69) is 4.90 Å². The summed E-state index contributed by atoms with van der Waals surface area (Å²) in [7, 11) is 1.89. The fourth-order valence-electron chi connectivity index (χ4n) is 3.52. The molecule has 3 N–H and O–H groups in total. The molecule has 1 heterocycles. The molecule has 1 aliphatic heterocycles. The van der Waals surface area contributed by atoms with Gasteiger partial charge in [0, 0.05) is 13.1 Å². The minimum Gasteiger partial charge on any atom is -0.392 e. The molecule has 134 valence electrons.